The molecule has 0 bridgehead atoms. The van der Waals surface area contributed by atoms with E-state index in [0.29, 0.717) is 6.42 Å². The zero-order valence-electron chi connectivity index (χ0n) is 13.2. The van der Waals surface area contributed by atoms with Gasteiger partial charge in [-0.1, -0.05) is 24.3 Å². The third kappa shape index (κ3) is 4.04. The smallest absolute Gasteiger partial charge is 0.303 e. The van der Waals surface area contributed by atoms with Crippen molar-refractivity contribution in [1.82, 2.24) is 4.98 Å². The molecule has 0 fully saturated rings. The van der Waals surface area contributed by atoms with E-state index in [1.807, 2.05) is 36.6 Å². The maximum atomic E-state index is 11.0. The monoisotopic (exact) mass is 355 g/mol. The highest BCUT2D eigenvalue weighted by Crippen LogP contribution is 2.31. The number of thiazole rings is 1. The molecule has 0 aliphatic carbocycles. The standard InChI is InChI=1S/C19H17NO2S2/c1-23-15-9-6-13(7-10-15)12-14(8-11-18(21)22)19-20-16-4-2-3-5-17(16)24-19/h2-7,9-10,12H,8,11H2,1H3,(H,21,22)/b14-12-. The highest BCUT2D eigenvalue weighted by molar-refractivity contribution is 7.98. The van der Waals surface area contributed by atoms with E-state index in [1.165, 1.54) is 4.90 Å². The SMILES string of the molecule is CSc1ccc(/C=C(/CCC(=O)O)c2nc3ccccc3s2)cc1. The number of carboxylic acid groups (broad SMARTS) is 1. The third-order valence-corrected chi connectivity index (χ3v) is 5.49. The van der Waals surface area contributed by atoms with E-state index in [0.717, 1.165) is 26.4 Å². The van der Waals surface area contributed by atoms with Gasteiger partial charge in [0, 0.05) is 11.3 Å². The van der Waals surface area contributed by atoms with Crippen LogP contribution in [0.1, 0.15) is 23.4 Å². The van der Waals surface area contributed by atoms with Gasteiger partial charge in [0.1, 0.15) is 5.01 Å². The van der Waals surface area contributed by atoms with E-state index in [9.17, 15) is 4.79 Å². The van der Waals surface area contributed by atoms with Gasteiger partial charge in [-0.05, 0) is 54.2 Å². The van der Waals surface area contributed by atoms with Crippen LogP contribution in [0.2, 0.25) is 0 Å². The van der Waals surface area contributed by atoms with Crippen LogP contribution >= 0.6 is 23.1 Å². The average molecular weight is 355 g/mol. The van der Waals surface area contributed by atoms with E-state index >= 15 is 0 Å². The van der Waals surface area contributed by atoms with Crippen molar-refractivity contribution in [3.8, 4) is 0 Å². The number of nitrogens with zero attached hydrogens (tertiary/aromatic N) is 1. The fourth-order valence-corrected chi connectivity index (χ4v) is 3.81. The molecule has 0 saturated carbocycles. The van der Waals surface area contributed by atoms with Crippen LogP contribution in [0, 0.1) is 0 Å². The Labute approximate surface area is 149 Å². The van der Waals surface area contributed by atoms with Crippen molar-refractivity contribution in [3.05, 3.63) is 59.1 Å². The summed E-state index contributed by atoms with van der Waals surface area (Å²) in [6, 6.07) is 16.2. The van der Waals surface area contributed by atoms with Crippen molar-refractivity contribution in [2.24, 2.45) is 0 Å². The summed E-state index contributed by atoms with van der Waals surface area (Å²) in [6.07, 6.45) is 4.67. The lowest BCUT2D eigenvalue weighted by molar-refractivity contribution is -0.136. The third-order valence-electron chi connectivity index (χ3n) is 3.63. The van der Waals surface area contributed by atoms with E-state index in [4.69, 9.17) is 5.11 Å². The van der Waals surface area contributed by atoms with Gasteiger partial charge in [0.2, 0.25) is 0 Å². The second-order valence-electron chi connectivity index (χ2n) is 5.32. The number of rotatable bonds is 6. The van der Waals surface area contributed by atoms with E-state index in [2.05, 4.69) is 29.2 Å². The molecular formula is C19H17NO2S2. The Hall–Kier alpha value is -2.11. The first kappa shape index (κ1) is 16.7. The first-order chi connectivity index (χ1) is 11.7. The highest BCUT2D eigenvalue weighted by Gasteiger charge is 2.11. The van der Waals surface area contributed by atoms with Crippen molar-refractivity contribution < 1.29 is 9.90 Å². The molecule has 0 atom stereocenters. The molecule has 0 saturated heterocycles. The van der Waals surface area contributed by atoms with Crippen LogP contribution in [0.25, 0.3) is 21.9 Å². The lowest BCUT2D eigenvalue weighted by atomic mass is 10.1. The summed E-state index contributed by atoms with van der Waals surface area (Å²) in [7, 11) is 0. The number of fused-ring (bicyclic) bond motifs is 1. The summed E-state index contributed by atoms with van der Waals surface area (Å²) >= 11 is 3.31. The molecule has 0 aliphatic heterocycles. The predicted octanol–water partition coefficient (Wildman–Crippen LogP) is 5.42. The molecule has 3 rings (SSSR count). The lowest BCUT2D eigenvalue weighted by Crippen LogP contribution is -1.95. The summed E-state index contributed by atoms with van der Waals surface area (Å²) in [5, 5.41) is 9.93. The zero-order valence-corrected chi connectivity index (χ0v) is 14.9. The number of hydrogen-bond acceptors (Lipinski definition) is 4. The molecule has 1 heterocycles. The van der Waals surface area contributed by atoms with Gasteiger partial charge >= 0.3 is 5.97 Å². The van der Waals surface area contributed by atoms with Crippen LogP contribution in [-0.2, 0) is 4.79 Å². The van der Waals surface area contributed by atoms with Crippen molar-refractivity contribution in [2.75, 3.05) is 6.26 Å². The van der Waals surface area contributed by atoms with Crippen LogP contribution in [-0.4, -0.2) is 22.3 Å². The molecule has 0 spiro atoms. The van der Waals surface area contributed by atoms with Gasteiger partial charge in [0.05, 0.1) is 10.2 Å². The number of aliphatic carboxylic acids is 1. The number of benzene rings is 2. The Balaban J connectivity index is 1.97. The van der Waals surface area contributed by atoms with Gasteiger partial charge in [0.25, 0.3) is 0 Å². The summed E-state index contributed by atoms with van der Waals surface area (Å²) in [5.41, 5.74) is 2.99. The fraction of sp³-hybridized carbons (Fsp3) is 0.158. The van der Waals surface area contributed by atoms with Gasteiger partial charge in [-0.3, -0.25) is 4.79 Å². The van der Waals surface area contributed by atoms with Crippen molar-refractivity contribution in [3.63, 3.8) is 0 Å². The Bertz CT molecular complexity index is 849. The molecular weight excluding hydrogens is 338 g/mol. The van der Waals surface area contributed by atoms with Gasteiger partial charge in [-0.2, -0.15) is 0 Å². The summed E-state index contributed by atoms with van der Waals surface area (Å²) in [4.78, 5) is 16.9. The second-order valence-corrected chi connectivity index (χ2v) is 7.23. The minimum atomic E-state index is -0.792. The summed E-state index contributed by atoms with van der Waals surface area (Å²) < 4.78 is 1.12. The molecule has 0 radical (unpaired) electrons. The lowest BCUT2D eigenvalue weighted by Gasteiger charge is -2.04. The van der Waals surface area contributed by atoms with Crippen LogP contribution in [0.3, 0.4) is 0 Å². The minimum absolute atomic E-state index is 0.102. The summed E-state index contributed by atoms with van der Waals surface area (Å²) in [6.45, 7) is 0. The zero-order chi connectivity index (χ0) is 16.9. The first-order valence-electron chi connectivity index (χ1n) is 7.58. The molecule has 122 valence electrons. The van der Waals surface area contributed by atoms with Gasteiger partial charge in [-0.15, -0.1) is 23.1 Å². The normalized spacial score (nSPS) is 11.8. The van der Waals surface area contributed by atoms with Crippen LogP contribution in [0.15, 0.2) is 53.4 Å². The number of allylic oxidation sites excluding steroid dienone is 1. The Kier molecular flexibility index (Phi) is 5.33. The number of thioether (sulfide) groups is 1. The van der Waals surface area contributed by atoms with Gasteiger partial charge in [-0.25, -0.2) is 4.98 Å². The number of hydrogen-bond donors (Lipinski definition) is 1. The molecule has 3 nitrogen and oxygen atoms in total. The molecule has 5 heteroatoms. The van der Waals surface area contributed by atoms with E-state index in [-0.39, 0.29) is 6.42 Å². The maximum Gasteiger partial charge on any atom is 0.303 e. The maximum absolute atomic E-state index is 11.0. The molecule has 24 heavy (non-hydrogen) atoms. The van der Waals surface area contributed by atoms with E-state index in [1.54, 1.807) is 23.1 Å². The fourth-order valence-electron chi connectivity index (χ4n) is 2.39. The van der Waals surface area contributed by atoms with Crippen molar-refractivity contribution in [1.29, 1.82) is 0 Å². The molecule has 2 aromatic carbocycles. The minimum Gasteiger partial charge on any atom is -0.481 e. The van der Waals surface area contributed by atoms with Crippen molar-refractivity contribution in [2.45, 2.75) is 17.7 Å². The topological polar surface area (TPSA) is 50.2 Å². The largest absolute Gasteiger partial charge is 0.481 e. The summed E-state index contributed by atoms with van der Waals surface area (Å²) in [5.74, 6) is -0.792. The Morgan fingerprint density at radius 3 is 2.58 bits per heavy atom. The second kappa shape index (κ2) is 7.64. The first-order valence-corrected chi connectivity index (χ1v) is 9.62. The molecule has 1 N–H and O–H groups in total. The molecule has 0 amide bonds. The van der Waals surface area contributed by atoms with Crippen LogP contribution < -0.4 is 0 Å². The number of aromatic nitrogens is 1. The van der Waals surface area contributed by atoms with E-state index < -0.39 is 5.97 Å². The number of carbonyl (C=O) groups is 1. The van der Waals surface area contributed by atoms with Crippen LogP contribution in [0.5, 0.6) is 0 Å². The molecule has 3 aromatic rings. The number of carboxylic acids is 1. The average Bonchev–Trinajstić information content (AvgIpc) is 3.03. The van der Waals surface area contributed by atoms with Crippen LogP contribution in [0.4, 0.5) is 0 Å². The molecule has 1 aromatic heterocycles. The highest BCUT2D eigenvalue weighted by atomic mass is 32.2. The molecule has 0 unspecified atom stereocenters. The predicted molar refractivity (Wildman–Crippen MR) is 103 cm³/mol. The van der Waals surface area contributed by atoms with Crippen molar-refractivity contribution >= 4 is 50.9 Å². The number of para-hydroxylation sites is 1. The van der Waals surface area contributed by atoms with Gasteiger partial charge in [0.15, 0.2) is 0 Å². The quantitative estimate of drug-likeness (QED) is 0.600. The molecule has 0 aliphatic rings. The Morgan fingerprint density at radius 1 is 1.17 bits per heavy atom. The van der Waals surface area contributed by atoms with Gasteiger partial charge < -0.3 is 5.11 Å². The Morgan fingerprint density at radius 2 is 1.92 bits per heavy atom.